The van der Waals surface area contributed by atoms with Gasteiger partial charge in [0.15, 0.2) is 0 Å². The highest BCUT2D eigenvalue weighted by molar-refractivity contribution is 6.68. The minimum Gasteiger partial charge on any atom is -0.481 e. The van der Waals surface area contributed by atoms with E-state index in [4.69, 9.17) is 9.76 Å². The van der Waals surface area contributed by atoms with Crippen LogP contribution in [0.15, 0.2) is 18.2 Å². The molecule has 1 N–H and O–H groups in total. The molecular formula is C11H13BO3. The number of fused-ring (bicyclic) bond motifs is 1. The summed E-state index contributed by atoms with van der Waals surface area (Å²) in [5, 5.41) is 8.66. The lowest BCUT2D eigenvalue weighted by molar-refractivity contribution is -0.136. The number of hydrogen-bond acceptors (Lipinski definition) is 2. The predicted octanol–water partition coefficient (Wildman–Crippen LogP) is 1.06. The zero-order valence-corrected chi connectivity index (χ0v) is 8.69. The standard InChI is InChI=1S/C11H13BO3/c1-12-11-8(5-6-10(13)14)3-2-4-9(11)7-15-12/h2-4H,5-7H2,1H3,(H,13,14). The number of rotatable bonds is 3. The molecule has 78 valence electrons. The maximum Gasteiger partial charge on any atom is 0.324 e. The van der Waals surface area contributed by atoms with Gasteiger partial charge in [0.2, 0.25) is 0 Å². The second-order valence-electron chi connectivity index (χ2n) is 3.84. The van der Waals surface area contributed by atoms with Crippen molar-refractivity contribution in [1.29, 1.82) is 0 Å². The zero-order valence-electron chi connectivity index (χ0n) is 8.69. The molecule has 0 aliphatic carbocycles. The summed E-state index contributed by atoms with van der Waals surface area (Å²) in [6, 6.07) is 6.01. The predicted molar refractivity (Wildman–Crippen MR) is 58.4 cm³/mol. The van der Waals surface area contributed by atoms with Crippen LogP contribution in [0.1, 0.15) is 17.5 Å². The number of carboxylic acids is 1. The number of hydrogen-bond donors (Lipinski definition) is 1. The molecule has 0 radical (unpaired) electrons. The highest BCUT2D eigenvalue weighted by Crippen LogP contribution is 2.14. The van der Waals surface area contributed by atoms with E-state index in [1.807, 2.05) is 25.0 Å². The van der Waals surface area contributed by atoms with Gasteiger partial charge in [0.05, 0.1) is 6.61 Å². The van der Waals surface area contributed by atoms with Gasteiger partial charge in [-0.15, -0.1) is 0 Å². The molecule has 1 heterocycles. The summed E-state index contributed by atoms with van der Waals surface area (Å²) in [6.07, 6.45) is 0.773. The number of carbonyl (C=O) groups is 1. The molecule has 0 atom stereocenters. The number of aliphatic carboxylic acids is 1. The van der Waals surface area contributed by atoms with Crippen molar-refractivity contribution >= 4 is 18.3 Å². The minimum atomic E-state index is -0.751. The van der Waals surface area contributed by atoms with Crippen LogP contribution >= 0.6 is 0 Å². The van der Waals surface area contributed by atoms with E-state index in [-0.39, 0.29) is 13.3 Å². The molecule has 1 aromatic carbocycles. The van der Waals surface area contributed by atoms with Crippen LogP contribution in [0.2, 0.25) is 6.82 Å². The van der Waals surface area contributed by atoms with Crippen molar-refractivity contribution in [2.75, 3.05) is 0 Å². The summed E-state index contributed by atoms with van der Waals surface area (Å²) >= 11 is 0. The summed E-state index contributed by atoms with van der Waals surface area (Å²) < 4.78 is 5.52. The van der Waals surface area contributed by atoms with E-state index in [1.165, 1.54) is 11.0 Å². The maximum absolute atomic E-state index is 10.5. The summed E-state index contributed by atoms with van der Waals surface area (Å²) in [6.45, 7) is 2.76. The van der Waals surface area contributed by atoms with E-state index in [0.29, 0.717) is 13.0 Å². The number of benzene rings is 1. The first-order valence-corrected chi connectivity index (χ1v) is 5.12. The van der Waals surface area contributed by atoms with Crippen LogP contribution in [-0.2, 0) is 22.5 Å². The zero-order chi connectivity index (χ0) is 10.8. The molecular weight excluding hydrogens is 191 g/mol. The topological polar surface area (TPSA) is 46.5 Å². The monoisotopic (exact) mass is 204 g/mol. The van der Waals surface area contributed by atoms with Gasteiger partial charge in [-0.25, -0.2) is 0 Å². The van der Waals surface area contributed by atoms with E-state index in [9.17, 15) is 4.79 Å². The van der Waals surface area contributed by atoms with Crippen molar-refractivity contribution in [2.45, 2.75) is 26.3 Å². The summed E-state index contributed by atoms with van der Waals surface area (Å²) in [7, 11) is 0. The molecule has 3 nitrogen and oxygen atoms in total. The molecule has 1 aliphatic rings. The number of aryl methyl sites for hydroxylation is 1. The van der Waals surface area contributed by atoms with Gasteiger partial charge in [-0.2, -0.15) is 0 Å². The molecule has 0 aromatic heterocycles. The Morgan fingerprint density at radius 1 is 1.60 bits per heavy atom. The Morgan fingerprint density at radius 2 is 2.40 bits per heavy atom. The third-order valence-electron chi connectivity index (χ3n) is 2.79. The van der Waals surface area contributed by atoms with Crippen LogP contribution in [-0.4, -0.2) is 18.0 Å². The molecule has 15 heavy (non-hydrogen) atoms. The molecule has 0 unspecified atom stereocenters. The minimum absolute atomic E-state index is 0.102. The largest absolute Gasteiger partial charge is 0.481 e. The van der Waals surface area contributed by atoms with Gasteiger partial charge in [0.25, 0.3) is 0 Å². The second-order valence-corrected chi connectivity index (χ2v) is 3.84. The van der Waals surface area contributed by atoms with Gasteiger partial charge in [-0.1, -0.05) is 25.0 Å². The van der Waals surface area contributed by atoms with Crippen LogP contribution in [0, 0.1) is 0 Å². The normalized spacial score (nSPS) is 14.1. The Kier molecular flexibility index (Phi) is 2.78. The summed E-state index contributed by atoms with van der Waals surface area (Å²) in [5.74, 6) is -0.751. The van der Waals surface area contributed by atoms with Crippen molar-refractivity contribution in [1.82, 2.24) is 0 Å². The lowest BCUT2D eigenvalue weighted by Gasteiger charge is -2.07. The fourth-order valence-corrected chi connectivity index (χ4v) is 2.07. The van der Waals surface area contributed by atoms with Crippen LogP contribution < -0.4 is 5.46 Å². The van der Waals surface area contributed by atoms with Crippen molar-refractivity contribution in [3.63, 3.8) is 0 Å². The maximum atomic E-state index is 10.5. The molecule has 0 saturated heterocycles. The third kappa shape index (κ3) is 2.05. The third-order valence-corrected chi connectivity index (χ3v) is 2.79. The van der Waals surface area contributed by atoms with Crippen molar-refractivity contribution < 1.29 is 14.6 Å². The lowest BCUT2D eigenvalue weighted by Crippen LogP contribution is -2.28. The van der Waals surface area contributed by atoms with Gasteiger partial charge in [0, 0.05) is 6.42 Å². The van der Waals surface area contributed by atoms with E-state index in [0.717, 1.165) is 5.56 Å². The van der Waals surface area contributed by atoms with E-state index in [1.54, 1.807) is 0 Å². The SMILES string of the molecule is CB1OCc2cccc(CCC(=O)O)c21. The second kappa shape index (κ2) is 4.07. The van der Waals surface area contributed by atoms with Crippen molar-refractivity contribution in [3.05, 3.63) is 29.3 Å². The Hall–Kier alpha value is -1.29. The molecule has 4 heteroatoms. The fourth-order valence-electron chi connectivity index (χ4n) is 2.07. The Morgan fingerprint density at radius 3 is 3.13 bits per heavy atom. The van der Waals surface area contributed by atoms with Gasteiger partial charge in [0.1, 0.15) is 0 Å². The van der Waals surface area contributed by atoms with Crippen molar-refractivity contribution in [3.8, 4) is 0 Å². The molecule has 0 bridgehead atoms. The summed E-state index contributed by atoms with van der Waals surface area (Å²) in [4.78, 5) is 10.5. The Bertz CT molecular complexity index is 389. The summed E-state index contributed by atoms with van der Waals surface area (Å²) in [5.41, 5.74) is 3.50. The molecule has 2 rings (SSSR count). The van der Waals surface area contributed by atoms with Gasteiger partial charge < -0.3 is 9.76 Å². The smallest absolute Gasteiger partial charge is 0.324 e. The van der Waals surface area contributed by atoms with Gasteiger partial charge in [-0.05, 0) is 23.0 Å². The molecule has 0 saturated carbocycles. The van der Waals surface area contributed by atoms with E-state index in [2.05, 4.69) is 0 Å². The highest BCUT2D eigenvalue weighted by atomic mass is 16.4. The highest BCUT2D eigenvalue weighted by Gasteiger charge is 2.25. The molecule has 1 aliphatic heterocycles. The molecule has 0 amide bonds. The Balaban J connectivity index is 2.24. The average Bonchev–Trinajstić information content (AvgIpc) is 2.58. The average molecular weight is 204 g/mol. The molecule has 0 fully saturated rings. The first-order chi connectivity index (χ1) is 7.18. The lowest BCUT2D eigenvalue weighted by atomic mass is 9.62. The first-order valence-electron chi connectivity index (χ1n) is 5.12. The molecule has 1 aromatic rings. The van der Waals surface area contributed by atoms with Crippen LogP contribution in [0.4, 0.5) is 0 Å². The van der Waals surface area contributed by atoms with E-state index >= 15 is 0 Å². The quantitative estimate of drug-likeness (QED) is 0.748. The first kappa shape index (κ1) is 10.2. The van der Waals surface area contributed by atoms with Gasteiger partial charge >= 0.3 is 12.9 Å². The van der Waals surface area contributed by atoms with Crippen LogP contribution in [0.25, 0.3) is 0 Å². The van der Waals surface area contributed by atoms with E-state index < -0.39 is 5.97 Å². The fraction of sp³-hybridized carbons (Fsp3) is 0.364. The number of carboxylic acid groups (broad SMARTS) is 1. The Labute approximate surface area is 89.2 Å². The van der Waals surface area contributed by atoms with Gasteiger partial charge in [-0.3, -0.25) is 4.79 Å². The van der Waals surface area contributed by atoms with Crippen LogP contribution in [0.3, 0.4) is 0 Å². The molecule has 0 spiro atoms. The van der Waals surface area contributed by atoms with Crippen LogP contribution in [0.5, 0.6) is 0 Å². The van der Waals surface area contributed by atoms with Crippen molar-refractivity contribution in [2.24, 2.45) is 0 Å².